The van der Waals surface area contributed by atoms with Gasteiger partial charge in [-0.1, -0.05) is 26.7 Å². The topological polar surface area (TPSA) is 77.8 Å². The van der Waals surface area contributed by atoms with Gasteiger partial charge in [-0.3, -0.25) is 4.79 Å². The Kier molecular flexibility index (Phi) is 5.59. The minimum atomic E-state index is -1.02. The van der Waals surface area contributed by atoms with Crippen molar-refractivity contribution in [1.82, 2.24) is 4.90 Å². The first-order valence-electron chi connectivity index (χ1n) is 6.72. The van der Waals surface area contributed by atoms with Crippen molar-refractivity contribution in [3.63, 3.8) is 0 Å². The highest BCUT2D eigenvalue weighted by atomic mass is 16.4. The van der Waals surface area contributed by atoms with E-state index >= 15 is 0 Å². The molecule has 1 fully saturated rings. The normalized spacial score (nSPS) is 23.7. The molecule has 1 heterocycles. The molecule has 104 valence electrons. The van der Waals surface area contributed by atoms with Gasteiger partial charge in [0.2, 0.25) is 5.91 Å². The molecule has 0 spiro atoms. The number of aliphatic carboxylic acids is 1. The molecule has 0 aromatic heterocycles. The first kappa shape index (κ1) is 15.0. The van der Waals surface area contributed by atoms with E-state index in [9.17, 15) is 14.7 Å². The standard InChI is InChI=1S/C13H23NO4/c1-3-5-9(6-4-2)12(16)14-8-10(15)7-11(14)13(17)18/h9-11,15H,3-8H2,1-2H3,(H,17,18). The summed E-state index contributed by atoms with van der Waals surface area (Å²) in [5.74, 6) is -1.23. The molecule has 2 N–H and O–H groups in total. The second-order valence-electron chi connectivity index (χ2n) is 5.01. The molecule has 0 aliphatic carbocycles. The van der Waals surface area contributed by atoms with Gasteiger partial charge in [0.1, 0.15) is 6.04 Å². The highest BCUT2D eigenvalue weighted by Gasteiger charge is 2.40. The number of carbonyl (C=O) groups is 2. The maximum Gasteiger partial charge on any atom is 0.326 e. The summed E-state index contributed by atoms with van der Waals surface area (Å²) >= 11 is 0. The number of aliphatic hydroxyl groups excluding tert-OH is 1. The zero-order valence-corrected chi connectivity index (χ0v) is 11.1. The van der Waals surface area contributed by atoms with E-state index in [2.05, 4.69) is 0 Å². The lowest BCUT2D eigenvalue weighted by Crippen LogP contribution is -2.43. The Morgan fingerprint density at radius 1 is 1.28 bits per heavy atom. The maximum absolute atomic E-state index is 12.3. The molecule has 2 unspecified atom stereocenters. The molecular formula is C13H23NO4. The maximum atomic E-state index is 12.3. The van der Waals surface area contributed by atoms with Crippen molar-refractivity contribution >= 4 is 11.9 Å². The molecule has 0 aromatic rings. The molecule has 0 aromatic carbocycles. The van der Waals surface area contributed by atoms with Gasteiger partial charge in [-0.2, -0.15) is 0 Å². The molecule has 0 bridgehead atoms. The first-order chi connectivity index (χ1) is 8.51. The van der Waals surface area contributed by atoms with E-state index in [0.717, 1.165) is 25.7 Å². The van der Waals surface area contributed by atoms with E-state index < -0.39 is 18.1 Å². The average Bonchev–Trinajstić information content (AvgIpc) is 2.70. The minimum absolute atomic E-state index is 0.104. The number of likely N-dealkylation sites (tertiary alicyclic amines) is 1. The number of carboxylic acid groups (broad SMARTS) is 1. The van der Waals surface area contributed by atoms with Crippen molar-refractivity contribution in [1.29, 1.82) is 0 Å². The third-order valence-electron chi connectivity index (χ3n) is 3.47. The van der Waals surface area contributed by atoms with Crippen molar-refractivity contribution in [2.24, 2.45) is 5.92 Å². The van der Waals surface area contributed by atoms with Crippen LogP contribution in [0.3, 0.4) is 0 Å². The molecule has 1 aliphatic heterocycles. The highest BCUT2D eigenvalue weighted by molar-refractivity contribution is 5.85. The summed E-state index contributed by atoms with van der Waals surface area (Å²) in [5, 5.41) is 18.6. The van der Waals surface area contributed by atoms with Gasteiger partial charge in [0.05, 0.1) is 6.10 Å². The fourth-order valence-electron chi connectivity index (χ4n) is 2.61. The van der Waals surface area contributed by atoms with Crippen molar-refractivity contribution in [2.75, 3.05) is 6.54 Å². The summed E-state index contributed by atoms with van der Waals surface area (Å²) in [6.07, 6.45) is 2.82. The van der Waals surface area contributed by atoms with Gasteiger partial charge in [-0.25, -0.2) is 4.79 Å². The number of amides is 1. The summed E-state index contributed by atoms with van der Waals surface area (Å²) < 4.78 is 0. The van der Waals surface area contributed by atoms with Crippen LogP contribution in [0.25, 0.3) is 0 Å². The van der Waals surface area contributed by atoms with E-state index in [0.29, 0.717) is 0 Å². The van der Waals surface area contributed by atoms with E-state index in [1.165, 1.54) is 4.90 Å². The van der Waals surface area contributed by atoms with E-state index in [1.807, 2.05) is 13.8 Å². The zero-order chi connectivity index (χ0) is 13.7. The van der Waals surface area contributed by atoms with Crippen molar-refractivity contribution in [2.45, 2.75) is 58.1 Å². The second kappa shape index (κ2) is 6.73. The fraction of sp³-hybridized carbons (Fsp3) is 0.846. The van der Waals surface area contributed by atoms with Crippen LogP contribution in [0, 0.1) is 5.92 Å². The number of nitrogens with zero attached hydrogens (tertiary/aromatic N) is 1. The Morgan fingerprint density at radius 3 is 2.28 bits per heavy atom. The molecule has 1 aliphatic rings. The van der Waals surface area contributed by atoms with Gasteiger partial charge >= 0.3 is 5.97 Å². The molecule has 1 rings (SSSR count). The van der Waals surface area contributed by atoms with Crippen LogP contribution < -0.4 is 0 Å². The molecule has 5 heteroatoms. The number of hydrogen-bond donors (Lipinski definition) is 2. The zero-order valence-electron chi connectivity index (χ0n) is 11.1. The lowest BCUT2D eigenvalue weighted by Gasteiger charge is -2.26. The lowest BCUT2D eigenvalue weighted by molar-refractivity contribution is -0.150. The third kappa shape index (κ3) is 3.45. The predicted molar refractivity (Wildman–Crippen MR) is 67.1 cm³/mol. The number of aliphatic hydroxyl groups is 1. The van der Waals surface area contributed by atoms with Crippen LogP contribution in [-0.2, 0) is 9.59 Å². The number of β-amino-alcohol motifs (C(OH)–C–C–N with tert-alkyl or cyclic N) is 1. The number of carbonyl (C=O) groups excluding carboxylic acids is 1. The minimum Gasteiger partial charge on any atom is -0.480 e. The van der Waals surface area contributed by atoms with Crippen LogP contribution in [0.1, 0.15) is 46.0 Å². The van der Waals surface area contributed by atoms with Gasteiger partial charge in [0, 0.05) is 18.9 Å². The molecule has 2 atom stereocenters. The Labute approximate surface area is 108 Å². The Balaban J connectivity index is 2.76. The summed E-state index contributed by atoms with van der Waals surface area (Å²) in [6.45, 7) is 4.19. The Hall–Kier alpha value is -1.10. The van der Waals surface area contributed by atoms with Crippen molar-refractivity contribution in [3.8, 4) is 0 Å². The Morgan fingerprint density at radius 2 is 1.83 bits per heavy atom. The summed E-state index contributed by atoms with van der Waals surface area (Å²) in [5.41, 5.74) is 0. The summed E-state index contributed by atoms with van der Waals surface area (Å²) in [6, 6.07) is -0.858. The van der Waals surface area contributed by atoms with Crippen LogP contribution >= 0.6 is 0 Å². The van der Waals surface area contributed by atoms with E-state index in [-0.39, 0.29) is 24.8 Å². The van der Waals surface area contributed by atoms with Gasteiger partial charge < -0.3 is 15.1 Å². The molecular weight excluding hydrogens is 234 g/mol. The van der Waals surface area contributed by atoms with Crippen LogP contribution in [0.15, 0.2) is 0 Å². The van der Waals surface area contributed by atoms with Gasteiger partial charge in [0.15, 0.2) is 0 Å². The monoisotopic (exact) mass is 257 g/mol. The van der Waals surface area contributed by atoms with Crippen LogP contribution in [0.5, 0.6) is 0 Å². The SMILES string of the molecule is CCCC(CCC)C(=O)N1CC(O)CC1C(=O)O. The van der Waals surface area contributed by atoms with Crippen LogP contribution in [0.2, 0.25) is 0 Å². The van der Waals surface area contributed by atoms with Crippen molar-refractivity contribution in [3.05, 3.63) is 0 Å². The first-order valence-corrected chi connectivity index (χ1v) is 6.72. The highest BCUT2D eigenvalue weighted by Crippen LogP contribution is 2.24. The predicted octanol–water partition coefficient (Wildman–Crippen LogP) is 1.25. The van der Waals surface area contributed by atoms with Gasteiger partial charge in [-0.15, -0.1) is 0 Å². The van der Waals surface area contributed by atoms with Crippen LogP contribution in [-0.4, -0.2) is 45.7 Å². The molecule has 0 radical (unpaired) electrons. The second-order valence-corrected chi connectivity index (χ2v) is 5.01. The number of hydrogen-bond acceptors (Lipinski definition) is 3. The lowest BCUT2D eigenvalue weighted by atomic mass is 9.96. The summed E-state index contributed by atoms with van der Waals surface area (Å²) in [4.78, 5) is 24.8. The smallest absolute Gasteiger partial charge is 0.326 e. The Bertz CT molecular complexity index is 299. The molecule has 1 amide bonds. The third-order valence-corrected chi connectivity index (χ3v) is 3.47. The number of carboxylic acids is 1. The van der Waals surface area contributed by atoms with Crippen LogP contribution in [0.4, 0.5) is 0 Å². The fourth-order valence-corrected chi connectivity index (χ4v) is 2.61. The molecule has 5 nitrogen and oxygen atoms in total. The van der Waals surface area contributed by atoms with E-state index in [1.54, 1.807) is 0 Å². The quantitative estimate of drug-likeness (QED) is 0.750. The van der Waals surface area contributed by atoms with Gasteiger partial charge in [-0.05, 0) is 12.8 Å². The van der Waals surface area contributed by atoms with Gasteiger partial charge in [0.25, 0.3) is 0 Å². The average molecular weight is 257 g/mol. The summed E-state index contributed by atoms with van der Waals surface area (Å²) in [7, 11) is 0. The molecule has 0 saturated carbocycles. The largest absolute Gasteiger partial charge is 0.480 e. The molecule has 1 saturated heterocycles. The number of rotatable bonds is 6. The van der Waals surface area contributed by atoms with E-state index in [4.69, 9.17) is 5.11 Å². The van der Waals surface area contributed by atoms with Crippen molar-refractivity contribution < 1.29 is 19.8 Å². The molecule has 18 heavy (non-hydrogen) atoms.